The number of nitrogens with one attached hydrogen (secondary N) is 3. The van der Waals surface area contributed by atoms with Crippen LogP contribution in [-0.4, -0.2) is 35.8 Å². The van der Waals surface area contributed by atoms with Crippen molar-refractivity contribution < 1.29 is 26.4 Å². The van der Waals surface area contributed by atoms with Crippen LogP contribution < -0.4 is 16.4 Å². The van der Waals surface area contributed by atoms with Crippen LogP contribution in [0.1, 0.15) is 18.4 Å². The lowest BCUT2D eigenvalue weighted by molar-refractivity contribution is -0.137. The predicted molar refractivity (Wildman–Crippen MR) is 86.6 cm³/mol. The van der Waals surface area contributed by atoms with Gasteiger partial charge in [0.15, 0.2) is 0 Å². The molecule has 6 nitrogen and oxygen atoms in total. The Morgan fingerprint density at radius 1 is 1.22 bits per heavy atom. The van der Waals surface area contributed by atoms with Crippen LogP contribution in [-0.2, 0) is 6.18 Å². The highest BCUT2D eigenvalue weighted by Gasteiger charge is 2.37. The summed E-state index contributed by atoms with van der Waals surface area (Å²) in [5, 5.41) is 11.0. The Labute approximate surface area is 150 Å². The third-order valence-electron chi connectivity index (χ3n) is 4.50. The highest BCUT2D eigenvalue weighted by molar-refractivity contribution is 5.65. The smallest absolute Gasteiger partial charge is 0.388 e. The molecule has 27 heavy (non-hydrogen) atoms. The summed E-state index contributed by atoms with van der Waals surface area (Å²) in [6.07, 6.45) is -6.73. The first-order chi connectivity index (χ1) is 12.8. The molecule has 1 saturated heterocycles. The second-order valence-corrected chi connectivity index (χ2v) is 6.27. The molecular weight excluding hydrogens is 375 g/mol. The Morgan fingerprint density at radius 3 is 2.48 bits per heavy atom. The van der Waals surface area contributed by atoms with Gasteiger partial charge in [0.05, 0.1) is 11.6 Å². The van der Waals surface area contributed by atoms with Crippen molar-refractivity contribution in [2.75, 3.05) is 18.4 Å². The lowest BCUT2D eigenvalue weighted by atomic mass is 9.90. The molecule has 0 amide bonds. The molecule has 0 aliphatic carbocycles. The molecule has 0 bridgehead atoms. The number of rotatable bonds is 5. The molecule has 1 aliphatic rings. The number of nitrogens with zero attached hydrogens (tertiary/aromatic N) is 1. The van der Waals surface area contributed by atoms with Crippen molar-refractivity contribution >= 4 is 5.69 Å². The second-order valence-electron chi connectivity index (χ2n) is 6.27. The SMILES string of the molecule is O=c1[nH]nc(-c2ccc(C(F)(F)F)c(N[C@@H](C(F)F)C3CCNCC3)c2)o1. The maximum Gasteiger partial charge on any atom is 0.434 e. The van der Waals surface area contributed by atoms with Crippen molar-refractivity contribution in [1.29, 1.82) is 0 Å². The van der Waals surface area contributed by atoms with Crippen molar-refractivity contribution in [2.24, 2.45) is 5.92 Å². The van der Waals surface area contributed by atoms with Gasteiger partial charge in [-0.25, -0.2) is 18.7 Å². The molecule has 0 unspecified atom stereocenters. The van der Waals surface area contributed by atoms with Gasteiger partial charge >= 0.3 is 11.9 Å². The summed E-state index contributed by atoms with van der Waals surface area (Å²) in [4.78, 5) is 11.1. The van der Waals surface area contributed by atoms with Crippen molar-refractivity contribution in [3.8, 4) is 11.5 Å². The van der Waals surface area contributed by atoms with Gasteiger partial charge < -0.3 is 15.1 Å². The van der Waals surface area contributed by atoms with E-state index in [0.717, 1.165) is 18.2 Å². The second kappa shape index (κ2) is 7.67. The highest BCUT2D eigenvalue weighted by Crippen LogP contribution is 2.38. The Hall–Kier alpha value is -2.43. The molecule has 1 aromatic heterocycles. The number of H-pyrrole nitrogens is 1. The Kier molecular flexibility index (Phi) is 5.49. The van der Waals surface area contributed by atoms with Crippen molar-refractivity contribution in [1.82, 2.24) is 15.5 Å². The van der Waals surface area contributed by atoms with E-state index in [9.17, 15) is 26.7 Å². The number of aromatic amines is 1. The largest absolute Gasteiger partial charge is 0.434 e. The number of hydrogen-bond acceptors (Lipinski definition) is 5. The molecule has 11 heteroatoms. The van der Waals surface area contributed by atoms with Crippen LogP contribution in [0.4, 0.5) is 27.6 Å². The molecule has 3 N–H and O–H groups in total. The molecule has 1 fully saturated rings. The van der Waals surface area contributed by atoms with E-state index in [2.05, 4.69) is 15.7 Å². The van der Waals surface area contributed by atoms with E-state index in [1.807, 2.05) is 5.10 Å². The summed E-state index contributed by atoms with van der Waals surface area (Å²) in [5.74, 6) is -1.58. The number of halogens is 5. The van der Waals surface area contributed by atoms with Crippen LogP contribution in [0.25, 0.3) is 11.5 Å². The third kappa shape index (κ3) is 4.46. The quantitative estimate of drug-likeness (QED) is 0.682. The number of hydrogen-bond donors (Lipinski definition) is 3. The van der Waals surface area contributed by atoms with Gasteiger partial charge in [0.2, 0.25) is 5.89 Å². The molecule has 1 atom stereocenters. The molecule has 0 saturated carbocycles. The van der Waals surface area contributed by atoms with Crippen molar-refractivity contribution in [3.63, 3.8) is 0 Å². The van der Waals surface area contributed by atoms with Gasteiger partial charge in [-0.3, -0.25) is 0 Å². The predicted octanol–water partition coefficient (Wildman–Crippen LogP) is 3.09. The molecule has 2 heterocycles. The number of piperidine rings is 1. The zero-order chi connectivity index (χ0) is 19.6. The highest BCUT2D eigenvalue weighted by atomic mass is 19.4. The van der Waals surface area contributed by atoms with Crippen molar-refractivity contribution in [3.05, 3.63) is 34.3 Å². The van der Waals surface area contributed by atoms with Crippen LogP contribution in [0.3, 0.4) is 0 Å². The molecule has 0 radical (unpaired) electrons. The monoisotopic (exact) mass is 392 g/mol. The first-order valence-electron chi connectivity index (χ1n) is 8.28. The number of alkyl halides is 5. The number of aromatic nitrogens is 2. The summed E-state index contributed by atoms with van der Waals surface area (Å²) in [6.45, 7) is 1.06. The van der Waals surface area contributed by atoms with Crippen LogP contribution in [0, 0.1) is 5.92 Å². The molecule has 0 spiro atoms. The first-order valence-corrected chi connectivity index (χ1v) is 8.28. The summed E-state index contributed by atoms with van der Waals surface area (Å²) in [5.41, 5.74) is -1.53. The first kappa shape index (κ1) is 19.3. The van der Waals surface area contributed by atoms with Gasteiger partial charge in [0.25, 0.3) is 6.43 Å². The maximum absolute atomic E-state index is 13.6. The Bertz CT molecular complexity index is 827. The van der Waals surface area contributed by atoms with E-state index in [0.29, 0.717) is 25.9 Å². The average molecular weight is 392 g/mol. The van der Waals surface area contributed by atoms with Crippen molar-refractivity contribution in [2.45, 2.75) is 31.5 Å². The fraction of sp³-hybridized carbons (Fsp3) is 0.500. The van der Waals surface area contributed by atoms with E-state index in [-0.39, 0.29) is 11.5 Å². The molecular formula is C16H17F5N4O2. The fourth-order valence-corrected chi connectivity index (χ4v) is 3.17. The molecule has 148 valence electrons. The van der Waals surface area contributed by atoms with Gasteiger partial charge in [-0.05, 0) is 50.0 Å². The van der Waals surface area contributed by atoms with Gasteiger partial charge in [-0.2, -0.15) is 13.2 Å². The minimum atomic E-state index is -4.74. The minimum Gasteiger partial charge on any atom is -0.388 e. The third-order valence-corrected chi connectivity index (χ3v) is 4.50. The molecule has 1 aromatic carbocycles. The zero-order valence-electron chi connectivity index (χ0n) is 13.9. The van der Waals surface area contributed by atoms with E-state index in [4.69, 9.17) is 4.42 Å². The topological polar surface area (TPSA) is 83.0 Å². The van der Waals surface area contributed by atoms with Crippen LogP contribution in [0.15, 0.2) is 27.4 Å². The van der Waals surface area contributed by atoms with Gasteiger partial charge in [0, 0.05) is 11.3 Å². The van der Waals surface area contributed by atoms with Gasteiger partial charge in [-0.1, -0.05) is 0 Å². The van der Waals surface area contributed by atoms with Crippen LogP contribution >= 0.6 is 0 Å². The lowest BCUT2D eigenvalue weighted by Gasteiger charge is -2.32. The van der Waals surface area contributed by atoms with Crippen LogP contribution in [0.5, 0.6) is 0 Å². The molecule has 2 aromatic rings. The number of benzene rings is 1. The van der Waals surface area contributed by atoms with Gasteiger partial charge in [-0.15, -0.1) is 5.10 Å². The minimum absolute atomic E-state index is 0.0576. The van der Waals surface area contributed by atoms with E-state index >= 15 is 0 Å². The summed E-state index contributed by atoms with van der Waals surface area (Å²) < 4.78 is 71.9. The van der Waals surface area contributed by atoms with E-state index < -0.39 is 41.6 Å². The number of anilines is 1. The fourth-order valence-electron chi connectivity index (χ4n) is 3.17. The molecule has 1 aliphatic heterocycles. The molecule has 3 rings (SSSR count). The average Bonchev–Trinajstić information content (AvgIpc) is 3.05. The Balaban J connectivity index is 1.98. The van der Waals surface area contributed by atoms with E-state index in [1.165, 1.54) is 0 Å². The summed E-state index contributed by atoms with van der Waals surface area (Å²) in [7, 11) is 0. The zero-order valence-corrected chi connectivity index (χ0v) is 13.9. The normalized spacial score (nSPS) is 17.3. The van der Waals surface area contributed by atoms with E-state index in [1.54, 1.807) is 0 Å². The standard InChI is InChI=1S/C16H17F5N4O2/c17-13(18)12(8-3-5-22-6-4-8)23-11-7-9(14-24-25-15(26)27-14)1-2-10(11)16(19,20)21/h1-2,7-8,12-13,22-23H,3-6H2,(H,25,26)/t12-/m1/s1. The van der Waals surface area contributed by atoms with Gasteiger partial charge in [0.1, 0.15) is 0 Å². The summed E-state index contributed by atoms with van der Waals surface area (Å²) in [6, 6.07) is 1.39. The summed E-state index contributed by atoms with van der Waals surface area (Å²) >= 11 is 0. The Morgan fingerprint density at radius 2 is 1.93 bits per heavy atom. The maximum atomic E-state index is 13.6. The van der Waals surface area contributed by atoms with Crippen LogP contribution in [0.2, 0.25) is 0 Å². The lowest BCUT2D eigenvalue weighted by Crippen LogP contribution is -2.42.